The molecule has 35 heavy (non-hydrogen) atoms. The summed E-state index contributed by atoms with van der Waals surface area (Å²) in [6.45, 7) is 2.21. The smallest absolute Gasteiger partial charge is 0.266 e. The summed E-state index contributed by atoms with van der Waals surface area (Å²) in [5, 5.41) is 0. The molecular formula is C28H26N2O5. The van der Waals surface area contributed by atoms with E-state index in [1.54, 1.807) is 49.5 Å². The molecule has 1 aliphatic carbocycles. The van der Waals surface area contributed by atoms with E-state index in [1.165, 1.54) is 4.90 Å². The second-order valence-corrected chi connectivity index (χ2v) is 8.83. The van der Waals surface area contributed by atoms with Crippen molar-refractivity contribution in [2.45, 2.75) is 32.4 Å². The lowest BCUT2D eigenvalue weighted by atomic mass is 10.0. The third-order valence-electron chi connectivity index (χ3n) is 6.57. The lowest BCUT2D eigenvalue weighted by Gasteiger charge is -2.24. The molecule has 0 unspecified atom stereocenters. The number of para-hydroxylation sites is 1. The van der Waals surface area contributed by atoms with Crippen LogP contribution in [-0.4, -0.2) is 42.9 Å². The van der Waals surface area contributed by atoms with Crippen LogP contribution in [-0.2, 0) is 6.54 Å². The van der Waals surface area contributed by atoms with Crippen molar-refractivity contribution in [3.8, 4) is 11.5 Å². The number of benzene rings is 3. The summed E-state index contributed by atoms with van der Waals surface area (Å²) in [7, 11) is 3.19. The molecule has 0 aromatic heterocycles. The van der Waals surface area contributed by atoms with Crippen molar-refractivity contribution in [2.75, 3.05) is 19.1 Å². The van der Waals surface area contributed by atoms with Gasteiger partial charge in [-0.15, -0.1) is 0 Å². The molecule has 0 saturated heterocycles. The quantitative estimate of drug-likeness (QED) is 0.471. The highest BCUT2D eigenvalue weighted by molar-refractivity contribution is 6.35. The van der Waals surface area contributed by atoms with Crippen LogP contribution in [0.3, 0.4) is 0 Å². The Hall–Kier alpha value is -4.13. The summed E-state index contributed by atoms with van der Waals surface area (Å²) in [5.41, 5.74) is 3.15. The molecular weight excluding hydrogens is 444 g/mol. The zero-order chi connectivity index (χ0) is 24.7. The summed E-state index contributed by atoms with van der Waals surface area (Å²) in [6.07, 6.45) is 1.84. The molecule has 1 fully saturated rings. The summed E-state index contributed by atoms with van der Waals surface area (Å²) < 4.78 is 10.9. The van der Waals surface area contributed by atoms with Crippen LogP contribution in [0.15, 0.2) is 60.7 Å². The molecule has 5 rings (SSSR count). The van der Waals surface area contributed by atoms with Gasteiger partial charge in [-0.05, 0) is 67.8 Å². The largest absolute Gasteiger partial charge is 0.497 e. The lowest BCUT2D eigenvalue weighted by Crippen LogP contribution is -2.33. The highest BCUT2D eigenvalue weighted by Gasteiger charge is 2.39. The van der Waals surface area contributed by atoms with Crippen LogP contribution in [0.4, 0.5) is 5.69 Å². The van der Waals surface area contributed by atoms with E-state index >= 15 is 0 Å². The highest BCUT2D eigenvalue weighted by Crippen LogP contribution is 2.35. The second kappa shape index (κ2) is 8.91. The number of rotatable bonds is 7. The molecule has 3 aromatic rings. The fraction of sp³-hybridized carbons (Fsp3) is 0.250. The number of carbonyl (C=O) groups excluding carboxylic acids is 3. The van der Waals surface area contributed by atoms with Gasteiger partial charge in [0.2, 0.25) is 0 Å². The van der Waals surface area contributed by atoms with Crippen LogP contribution < -0.4 is 14.4 Å². The van der Waals surface area contributed by atoms with Crippen molar-refractivity contribution >= 4 is 23.4 Å². The Labute approximate surface area is 203 Å². The van der Waals surface area contributed by atoms with E-state index < -0.39 is 5.91 Å². The third kappa shape index (κ3) is 4.03. The topological polar surface area (TPSA) is 76.2 Å². The number of nitrogens with zero attached hydrogens (tertiary/aromatic N) is 2. The van der Waals surface area contributed by atoms with Gasteiger partial charge in [0.05, 0.1) is 37.6 Å². The minimum absolute atomic E-state index is 0.118. The van der Waals surface area contributed by atoms with Crippen LogP contribution in [0.25, 0.3) is 0 Å². The molecule has 7 nitrogen and oxygen atoms in total. The fourth-order valence-corrected chi connectivity index (χ4v) is 4.51. The number of hydrogen-bond acceptors (Lipinski definition) is 5. The van der Waals surface area contributed by atoms with Crippen LogP contribution in [0.2, 0.25) is 0 Å². The van der Waals surface area contributed by atoms with Gasteiger partial charge in [0.1, 0.15) is 11.5 Å². The number of imide groups is 1. The standard InChI is InChI=1S/C28H26N2O5/c1-17-6-4-5-7-24(17)30-27(32)22-12-8-18(15-23(22)28(30)33)26(31)29(20-9-10-20)16-19-14-21(34-2)11-13-25(19)35-3/h4-8,11-15,20H,9-10,16H2,1-3H3. The third-order valence-corrected chi connectivity index (χ3v) is 6.57. The van der Waals surface area contributed by atoms with Gasteiger partial charge < -0.3 is 14.4 Å². The Morgan fingerprint density at radius 2 is 1.69 bits per heavy atom. The summed E-state index contributed by atoms with van der Waals surface area (Å²) in [4.78, 5) is 42.9. The number of hydrogen-bond donors (Lipinski definition) is 0. The highest BCUT2D eigenvalue weighted by atomic mass is 16.5. The molecule has 3 aromatic carbocycles. The molecule has 178 valence electrons. The molecule has 7 heteroatoms. The van der Waals surface area contributed by atoms with Crippen molar-refractivity contribution in [1.82, 2.24) is 4.90 Å². The van der Waals surface area contributed by atoms with Crippen molar-refractivity contribution in [3.05, 3.63) is 88.5 Å². The first kappa shape index (κ1) is 22.7. The van der Waals surface area contributed by atoms with E-state index in [0.29, 0.717) is 34.9 Å². The van der Waals surface area contributed by atoms with Gasteiger partial charge in [-0.25, -0.2) is 4.90 Å². The van der Waals surface area contributed by atoms with Crippen LogP contribution in [0, 0.1) is 6.92 Å². The molecule has 0 radical (unpaired) electrons. The zero-order valence-corrected chi connectivity index (χ0v) is 19.9. The number of aryl methyl sites for hydroxylation is 1. The van der Waals surface area contributed by atoms with E-state index in [2.05, 4.69) is 0 Å². The van der Waals surface area contributed by atoms with E-state index in [1.807, 2.05) is 37.3 Å². The van der Waals surface area contributed by atoms with Gasteiger partial charge >= 0.3 is 0 Å². The monoisotopic (exact) mass is 470 g/mol. The van der Waals surface area contributed by atoms with Crippen molar-refractivity contribution < 1.29 is 23.9 Å². The number of amides is 3. The second-order valence-electron chi connectivity index (χ2n) is 8.83. The zero-order valence-electron chi connectivity index (χ0n) is 19.9. The van der Waals surface area contributed by atoms with Gasteiger partial charge in [-0.3, -0.25) is 14.4 Å². The molecule has 1 heterocycles. The van der Waals surface area contributed by atoms with Crippen LogP contribution in [0.1, 0.15) is 55.0 Å². The van der Waals surface area contributed by atoms with Crippen molar-refractivity contribution in [1.29, 1.82) is 0 Å². The Kier molecular flexibility index (Phi) is 5.76. The average Bonchev–Trinajstić information content (AvgIpc) is 3.69. The first-order chi connectivity index (χ1) is 16.9. The predicted octanol–water partition coefficient (Wildman–Crippen LogP) is 4.62. The van der Waals surface area contributed by atoms with E-state index in [-0.39, 0.29) is 23.4 Å². The van der Waals surface area contributed by atoms with Gasteiger partial charge in [0.15, 0.2) is 0 Å². The van der Waals surface area contributed by atoms with E-state index in [4.69, 9.17) is 9.47 Å². The van der Waals surface area contributed by atoms with Gasteiger partial charge in [0, 0.05) is 17.2 Å². The maximum absolute atomic E-state index is 13.6. The summed E-state index contributed by atoms with van der Waals surface area (Å²) in [6, 6.07) is 17.6. The van der Waals surface area contributed by atoms with Gasteiger partial charge in [0.25, 0.3) is 17.7 Å². The van der Waals surface area contributed by atoms with Crippen molar-refractivity contribution in [3.63, 3.8) is 0 Å². The molecule has 0 spiro atoms. The van der Waals surface area contributed by atoms with Crippen LogP contribution >= 0.6 is 0 Å². The molecule has 0 N–H and O–H groups in total. The van der Waals surface area contributed by atoms with Gasteiger partial charge in [-0.1, -0.05) is 18.2 Å². The van der Waals surface area contributed by atoms with Crippen LogP contribution in [0.5, 0.6) is 11.5 Å². The maximum Gasteiger partial charge on any atom is 0.266 e. The molecule has 1 saturated carbocycles. The summed E-state index contributed by atoms with van der Waals surface area (Å²) in [5.74, 6) is 0.379. The molecule has 3 amide bonds. The Balaban J connectivity index is 1.46. The Morgan fingerprint density at radius 3 is 2.37 bits per heavy atom. The number of ether oxygens (including phenoxy) is 2. The number of methoxy groups -OCH3 is 2. The molecule has 0 bridgehead atoms. The fourth-order valence-electron chi connectivity index (χ4n) is 4.51. The minimum Gasteiger partial charge on any atom is -0.497 e. The normalized spacial score (nSPS) is 14.7. The molecule has 0 atom stereocenters. The lowest BCUT2D eigenvalue weighted by molar-refractivity contribution is 0.0728. The molecule has 1 aliphatic heterocycles. The SMILES string of the molecule is COc1ccc(OC)c(CN(C(=O)c2ccc3c(c2)C(=O)N(c2ccccc2C)C3=O)C2CC2)c1. The predicted molar refractivity (Wildman–Crippen MR) is 131 cm³/mol. The number of fused-ring (bicyclic) bond motifs is 1. The first-order valence-electron chi connectivity index (χ1n) is 11.5. The van der Waals surface area contributed by atoms with Gasteiger partial charge in [-0.2, -0.15) is 0 Å². The number of carbonyl (C=O) groups is 3. The maximum atomic E-state index is 13.6. The first-order valence-corrected chi connectivity index (χ1v) is 11.5. The Bertz CT molecular complexity index is 1340. The number of anilines is 1. The Morgan fingerprint density at radius 1 is 0.943 bits per heavy atom. The summed E-state index contributed by atoms with van der Waals surface area (Å²) >= 11 is 0. The average molecular weight is 471 g/mol. The van der Waals surface area contributed by atoms with Crippen molar-refractivity contribution in [2.24, 2.45) is 0 Å². The van der Waals surface area contributed by atoms with E-state index in [0.717, 1.165) is 24.0 Å². The van der Waals surface area contributed by atoms with E-state index in [9.17, 15) is 14.4 Å². The molecule has 2 aliphatic rings. The minimum atomic E-state index is -0.415.